The summed E-state index contributed by atoms with van der Waals surface area (Å²) in [6.45, 7) is 2.10. The van der Waals surface area contributed by atoms with Gasteiger partial charge in [0.2, 0.25) is 10.0 Å². The molecule has 21 heavy (non-hydrogen) atoms. The predicted octanol–water partition coefficient (Wildman–Crippen LogP) is 2.63. The van der Waals surface area contributed by atoms with Gasteiger partial charge in [-0.3, -0.25) is 0 Å². The fourth-order valence-corrected chi connectivity index (χ4v) is 4.24. The highest BCUT2D eigenvalue weighted by atomic mass is 32.2. The lowest BCUT2D eigenvalue weighted by Gasteiger charge is -2.10. The van der Waals surface area contributed by atoms with E-state index in [2.05, 4.69) is 4.72 Å². The maximum absolute atomic E-state index is 12.2. The second-order valence-corrected chi connectivity index (χ2v) is 7.20. The Bertz CT molecular complexity index is 697. The zero-order valence-corrected chi connectivity index (χ0v) is 13.2. The van der Waals surface area contributed by atoms with Crippen molar-refractivity contribution in [3.63, 3.8) is 0 Å². The van der Waals surface area contributed by atoms with Crippen molar-refractivity contribution in [1.82, 2.24) is 4.72 Å². The molecule has 0 bridgehead atoms. The summed E-state index contributed by atoms with van der Waals surface area (Å²) in [5.41, 5.74) is 0.827. The number of aliphatic hydroxyl groups is 1. The molecule has 0 atom stereocenters. The van der Waals surface area contributed by atoms with Crippen LogP contribution in [-0.2, 0) is 16.6 Å². The molecule has 0 amide bonds. The van der Waals surface area contributed by atoms with Gasteiger partial charge in [0.05, 0.1) is 11.5 Å². The topological polar surface area (TPSA) is 66.4 Å². The Morgan fingerprint density at radius 3 is 2.38 bits per heavy atom. The molecule has 0 aromatic heterocycles. The van der Waals surface area contributed by atoms with E-state index in [4.69, 9.17) is 5.11 Å². The lowest BCUT2D eigenvalue weighted by atomic mass is 10.2. The lowest BCUT2D eigenvalue weighted by molar-refractivity contribution is 0.282. The van der Waals surface area contributed by atoms with Crippen LogP contribution in [-0.4, -0.2) is 20.1 Å². The maximum atomic E-state index is 12.2. The van der Waals surface area contributed by atoms with E-state index in [0.29, 0.717) is 11.4 Å². The van der Waals surface area contributed by atoms with Crippen LogP contribution >= 0.6 is 11.8 Å². The van der Waals surface area contributed by atoms with E-state index in [1.54, 1.807) is 25.1 Å². The zero-order chi connectivity index (χ0) is 15.3. The first kappa shape index (κ1) is 16.0. The molecule has 0 aliphatic carbocycles. The van der Waals surface area contributed by atoms with Gasteiger partial charge in [0, 0.05) is 16.3 Å². The molecule has 112 valence electrons. The van der Waals surface area contributed by atoms with Gasteiger partial charge in [-0.1, -0.05) is 43.0 Å². The molecule has 6 heteroatoms. The molecular formula is C15H17NO3S2. The van der Waals surface area contributed by atoms with Crippen LogP contribution in [0, 0.1) is 0 Å². The van der Waals surface area contributed by atoms with Crippen molar-refractivity contribution in [2.24, 2.45) is 0 Å². The maximum Gasteiger partial charge on any atom is 0.241 e. The summed E-state index contributed by atoms with van der Waals surface area (Å²) in [6, 6.07) is 14.3. The molecule has 0 saturated carbocycles. The van der Waals surface area contributed by atoms with E-state index in [1.807, 2.05) is 30.3 Å². The number of rotatable bonds is 6. The number of hydrogen-bond donors (Lipinski definition) is 2. The van der Waals surface area contributed by atoms with Crippen LogP contribution in [0.15, 0.2) is 63.2 Å². The van der Waals surface area contributed by atoms with Gasteiger partial charge in [-0.15, -0.1) is 0 Å². The average Bonchev–Trinajstić information content (AvgIpc) is 2.48. The minimum Gasteiger partial charge on any atom is -0.392 e. The van der Waals surface area contributed by atoms with Crippen molar-refractivity contribution >= 4 is 21.8 Å². The number of benzene rings is 2. The highest BCUT2D eigenvalue weighted by molar-refractivity contribution is 8.00. The minimum atomic E-state index is -3.48. The van der Waals surface area contributed by atoms with E-state index in [-0.39, 0.29) is 11.5 Å². The van der Waals surface area contributed by atoms with E-state index < -0.39 is 10.0 Å². The van der Waals surface area contributed by atoms with Gasteiger partial charge in [-0.05, 0) is 29.8 Å². The average molecular weight is 323 g/mol. The van der Waals surface area contributed by atoms with Gasteiger partial charge in [0.15, 0.2) is 0 Å². The summed E-state index contributed by atoms with van der Waals surface area (Å²) in [4.78, 5) is 1.88. The van der Waals surface area contributed by atoms with Crippen LogP contribution in [0.25, 0.3) is 0 Å². The normalized spacial score (nSPS) is 11.5. The molecule has 4 nitrogen and oxygen atoms in total. The third-order valence-corrected chi connectivity index (χ3v) is 5.62. The van der Waals surface area contributed by atoms with Crippen LogP contribution in [0.1, 0.15) is 12.5 Å². The molecule has 2 aromatic rings. The monoisotopic (exact) mass is 323 g/mol. The van der Waals surface area contributed by atoms with Crippen LogP contribution in [0.3, 0.4) is 0 Å². The van der Waals surface area contributed by atoms with Gasteiger partial charge in [0.25, 0.3) is 0 Å². The molecule has 0 radical (unpaired) electrons. The first-order valence-corrected chi connectivity index (χ1v) is 8.83. The number of aliphatic hydroxyl groups excluding tert-OH is 1. The molecule has 2 N–H and O–H groups in total. The number of sulfonamides is 1. The van der Waals surface area contributed by atoms with Crippen molar-refractivity contribution in [3.8, 4) is 0 Å². The number of hydrogen-bond acceptors (Lipinski definition) is 4. The lowest BCUT2D eigenvalue weighted by Crippen LogP contribution is -2.23. The molecule has 0 unspecified atom stereocenters. The van der Waals surface area contributed by atoms with Gasteiger partial charge >= 0.3 is 0 Å². The predicted molar refractivity (Wildman–Crippen MR) is 83.8 cm³/mol. The van der Waals surface area contributed by atoms with Crippen molar-refractivity contribution in [2.75, 3.05) is 6.54 Å². The summed E-state index contributed by atoms with van der Waals surface area (Å²) in [6.07, 6.45) is 0. The van der Waals surface area contributed by atoms with Crippen molar-refractivity contribution < 1.29 is 13.5 Å². The quantitative estimate of drug-likeness (QED) is 0.857. The molecule has 0 aliphatic heterocycles. The molecule has 2 rings (SSSR count). The Labute approximate surface area is 129 Å². The Kier molecular flexibility index (Phi) is 5.41. The highest BCUT2D eigenvalue weighted by Gasteiger charge is 2.17. The summed E-state index contributed by atoms with van der Waals surface area (Å²) in [5, 5.41) is 9.03. The van der Waals surface area contributed by atoms with Crippen LogP contribution in [0.4, 0.5) is 0 Å². The van der Waals surface area contributed by atoms with Crippen molar-refractivity contribution in [3.05, 3.63) is 54.1 Å². The van der Waals surface area contributed by atoms with E-state index in [9.17, 15) is 8.42 Å². The van der Waals surface area contributed by atoms with Gasteiger partial charge in [-0.2, -0.15) is 0 Å². The summed E-state index contributed by atoms with van der Waals surface area (Å²) in [7, 11) is -3.48. The SMILES string of the molecule is CCNS(=O)(=O)c1ccccc1Sc1ccc(CO)cc1. The molecule has 2 aromatic carbocycles. The minimum absolute atomic E-state index is 0.00364. The Morgan fingerprint density at radius 1 is 1.10 bits per heavy atom. The summed E-state index contributed by atoms with van der Waals surface area (Å²) >= 11 is 1.39. The second-order valence-electron chi connectivity index (χ2n) is 4.35. The third kappa shape index (κ3) is 4.07. The fraction of sp³-hybridized carbons (Fsp3) is 0.200. The molecule has 0 heterocycles. The molecule has 0 aliphatic rings. The van der Waals surface area contributed by atoms with Gasteiger partial charge < -0.3 is 5.11 Å². The third-order valence-electron chi connectivity index (χ3n) is 2.81. The molecule has 0 fully saturated rings. The smallest absolute Gasteiger partial charge is 0.241 e. The van der Waals surface area contributed by atoms with E-state index in [1.165, 1.54) is 11.8 Å². The standard InChI is InChI=1S/C15H17NO3S2/c1-2-16-21(18,19)15-6-4-3-5-14(15)20-13-9-7-12(11-17)8-10-13/h3-10,16-17H,2,11H2,1H3. The Balaban J connectivity index is 2.32. The van der Waals surface area contributed by atoms with Gasteiger partial charge in [0.1, 0.15) is 0 Å². The zero-order valence-electron chi connectivity index (χ0n) is 11.6. The first-order valence-electron chi connectivity index (χ1n) is 6.53. The fourth-order valence-electron chi connectivity index (χ4n) is 1.81. The second kappa shape index (κ2) is 7.09. The largest absolute Gasteiger partial charge is 0.392 e. The van der Waals surface area contributed by atoms with E-state index >= 15 is 0 Å². The molecular weight excluding hydrogens is 306 g/mol. The Hall–Kier alpha value is -1.34. The first-order chi connectivity index (χ1) is 10.1. The Morgan fingerprint density at radius 2 is 1.76 bits per heavy atom. The highest BCUT2D eigenvalue weighted by Crippen LogP contribution is 2.32. The van der Waals surface area contributed by atoms with Crippen molar-refractivity contribution in [2.45, 2.75) is 28.2 Å². The van der Waals surface area contributed by atoms with E-state index in [0.717, 1.165) is 10.5 Å². The van der Waals surface area contributed by atoms with Gasteiger partial charge in [-0.25, -0.2) is 13.1 Å². The van der Waals surface area contributed by atoms with Crippen LogP contribution in [0.2, 0.25) is 0 Å². The van der Waals surface area contributed by atoms with Crippen molar-refractivity contribution in [1.29, 1.82) is 0 Å². The molecule has 0 spiro atoms. The summed E-state index contributed by atoms with van der Waals surface area (Å²) < 4.78 is 26.9. The molecule has 0 saturated heterocycles. The number of nitrogens with one attached hydrogen (secondary N) is 1. The summed E-state index contributed by atoms with van der Waals surface area (Å²) in [5.74, 6) is 0. The van der Waals surface area contributed by atoms with Crippen LogP contribution < -0.4 is 4.72 Å². The van der Waals surface area contributed by atoms with Crippen LogP contribution in [0.5, 0.6) is 0 Å².